The summed E-state index contributed by atoms with van der Waals surface area (Å²) in [4.78, 5) is 13.4. The van der Waals surface area contributed by atoms with Crippen LogP contribution in [0.2, 0.25) is 0 Å². The summed E-state index contributed by atoms with van der Waals surface area (Å²) in [6.07, 6.45) is -0.324. The second-order valence-electron chi connectivity index (χ2n) is 1.38. The second kappa shape index (κ2) is 4.32. The minimum Gasteiger partial charge on any atom is -0.344 e. The van der Waals surface area contributed by atoms with Gasteiger partial charge in [0.2, 0.25) is 0 Å². The van der Waals surface area contributed by atoms with Crippen LogP contribution in [0.15, 0.2) is 0 Å². The molecule has 0 radical (unpaired) electrons. The number of hydrogen-bond donors (Lipinski definition) is 1. The van der Waals surface area contributed by atoms with Crippen LogP contribution in [0.4, 0.5) is 0 Å². The molecule has 0 amide bonds. The van der Waals surface area contributed by atoms with E-state index in [0.29, 0.717) is 0 Å². The van der Waals surface area contributed by atoms with Crippen molar-refractivity contribution < 1.29 is 9.92 Å². The Balaban J connectivity index is 0. The molecule has 0 spiro atoms. The van der Waals surface area contributed by atoms with Gasteiger partial charge in [-0.05, 0) is 13.8 Å². The molecule has 0 rings (SSSR count). The van der Waals surface area contributed by atoms with Crippen molar-refractivity contribution in [1.82, 2.24) is 6.15 Å². The first-order chi connectivity index (χ1) is 3.13. The average Bonchev–Trinajstić information content (AvgIpc) is 1.27. The Morgan fingerprint density at radius 1 is 1.62 bits per heavy atom. The van der Waals surface area contributed by atoms with Gasteiger partial charge in [0.1, 0.15) is 6.10 Å². The highest BCUT2D eigenvalue weighted by Gasteiger charge is 1.95. The third-order valence-corrected chi connectivity index (χ3v) is 0.297. The van der Waals surface area contributed by atoms with Crippen molar-refractivity contribution in [2.45, 2.75) is 20.0 Å². The van der Waals surface area contributed by atoms with E-state index < -0.39 is 5.09 Å². The van der Waals surface area contributed by atoms with Gasteiger partial charge in [0.05, 0.1) is 0 Å². The second-order valence-corrected chi connectivity index (χ2v) is 1.38. The van der Waals surface area contributed by atoms with Gasteiger partial charge in [0.25, 0.3) is 5.09 Å². The first-order valence-electron chi connectivity index (χ1n) is 1.94. The molecular weight excluding hydrogens is 112 g/mol. The fourth-order valence-corrected chi connectivity index (χ4v) is 0.172. The van der Waals surface area contributed by atoms with E-state index in [0.717, 1.165) is 0 Å². The van der Waals surface area contributed by atoms with Gasteiger partial charge in [-0.25, -0.2) is 0 Å². The van der Waals surface area contributed by atoms with E-state index >= 15 is 0 Å². The van der Waals surface area contributed by atoms with E-state index in [1.807, 2.05) is 0 Å². The lowest BCUT2D eigenvalue weighted by molar-refractivity contribution is -0.766. The summed E-state index contributed by atoms with van der Waals surface area (Å²) in [6, 6.07) is 0. The molecule has 8 heavy (non-hydrogen) atoms. The Bertz CT molecular complexity index is 72.9. The number of hydrogen-bond acceptors (Lipinski definition) is 4. The Morgan fingerprint density at radius 2 is 2.00 bits per heavy atom. The molecule has 5 heteroatoms. The summed E-state index contributed by atoms with van der Waals surface area (Å²) >= 11 is 0. The summed E-state index contributed by atoms with van der Waals surface area (Å²) < 4.78 is 0. The molecule has 5 nitrogen and oxygen atoms in total. The van der Waals surface area contributed by atoms with Crippen molar-refractivity contribution in [2.75, 3.05) is 0 Å². The van der Waals surface area contributed by atoms with Crippen molar-refractivity contribution in [2.24, 2.45) is 0 Å². The van der Waals surface area contributed by atoms with Crippen LogP contribution < -0.4 is 6.15 Å². The molecule has 0 aromatic heterocycles. The maximum absolute atomic E-state index is 9.39. The fourth-order valence-electron chi connectivity index (χ4n) is 0.172. The largest absolute Gasteiger partial charge is 0.344 e. The molecule has 0 aromatic rings. The summed E-state index contributed by atoms with van der Waals surface area (Å²) in [6.45, 7) is 3.20. The fraction of sp³-hybridized carbons (Fsp3) is 1.00. The maximum atomic E-state index is 9.39. The van der Waals surface area contributed by atoms with Crippen molar-refractivity contribution >= 4 is 0 Å². The molecule has 3 N–H and O–H groups in total. The quantitative estimate of drug-likeness (QED) is 0.432. The normalized spacial score (nSPS) is 7.88. The summed E-state index contributed by atoms with van der Waals surface area (Å²) in [5.74, 6) is 0. The van der Waals surface area contributed by atoms with E-state index in [9.17, 15) is 10.1 Å². The third-order valence-electron chi connectivity index (χ3n) is 0.297. The van der Waals surface area contributed by atoms with Gasteiger partial charge >= 0.3 is 0 Å². The molecule has 0 bridgehead atoms. The zero-order chi connectivity index (χ0) is 5.86. The lowest BCUT2D eigenvalue weighted by atomic mass is 10.5. The molecule has 0 fully saturated rings. The van der Waals surface area contributed by atoms with Gasteiger partial charge < -0.3 is 11.0 Å². The summed E-state index contributed by atoms with van der Waals surface area (Å²) in [5.41, 5.74) is 0. The zero-order valence-corrected chi connectivity index (χ0v) is 4.96. The van der Waals surface area contributed by atoms with E-state index in [2.05, 4.69) is 4.84 Å². The molecule has 0 unspecified atom stereocenters. The highest BCUT2D eigenvalue weighted by molar-refractivity contribution is 4.25. The maximum Gasteiger partial charge on any atom is 0.294 e. The SMILES string of the molecule is CC(C)O[N+](=O)[O-].N. The van der Waals surface area contributed by atoms with Crippen LogP contribution >= 0.6 is 0 Å². The van der Waals surface area contributed by atoms with Gasteiger partial charge in [0.15, 0.2) is 0 Å². The molecule has 0 aromatic carbocycles. The molecule has 0 aliphatic carbocycles. The smallest absolute Gasteiger partial charge is 0.294 e. The van der Waals surface area contributed by atoms with Crippen LogP contribution in [0, 0.1) is 10.1 Å². The standard InChI is InChI=1S/C3H7NO3.H3N/c1-3(2)7-4(5)6;/h3H,1-2H3;1H3. The van der Waals surface area contributed by atoms with E-state index in [1.54, 1.807) is 13.8 Å². The third kappa shape index (κ3) is 8.94. The van der Waals surface area contributed by atoms with Crippen LogP contribution in [-0.2, 0) is 4.84 Å². The molecule has 0 aliphatic heterocycles. The Labute approximate surface area is 47.3 Å². The molecule has 0 atom stereocenters. The lowest BCUT2D eigenvalue weighted by Gasteiger charge is -1.97. The number of rotatable bonds is 2. The monoisotopic (exact) mass is 122 g/mol. The molecule has 0 heterocycles. The Kier molecular flexibility index (Phi) is 5.51. The van der Waals surface area contributed by atoms with E-state index in [1.165, 1.54) is 0 Å². The highest BCUT2D eigenvalue weighted by Crippen LogP contribution is 1.84. The predicted octanol–water partition coefficient (Wildman–Crippen LogP) is 0.765. The molecule has 0 saturated heterocycles. The topological polar surface area (TPSA) is 87.4 Å². The average molecular weight is 122 g/mol. The summed E-state index contributed by atoms with van der Waals surface area (Å²) in [5, 5.41) is 8.59. The van der Waals surface area contributed by atoms with Gasteiger partial charge in [0, 0.05) is 0 Å². The van der Waals surface area contributed by atoms with Crippen LogP contribution in [0.3, 0.4) is 0 Å². The van der Waals surface area contributed by atoms with E-state index in [4.69, 9.17) is 0 Å². The van der Waals surface area contributed by atoms with Gasteiger partial charge in [-0.15, -0.1) is 10.1 Å². The first-order valence-corrected chi connectivity index (χ1v) is 1.94. The van der Waals surface area contributed by atoms with Crippen LogP contribution in [0.25, 0.3) is 0 Å². The van der Waals surface area contributed by atoms with Crippen molar-refractivity contribution in [1.29, 1.82) is 0 Å². The number of nitrogens with zero attached hydrogens (tertiary/aromatic N) is 1. The van der Waals surface area contributed by atoms with Gasteiger partial charge in [-0.2, -0.15) is 0 Å². The van der Waals surface area contributed by atoms with Crippen molar-refractivity contribution in [3.63, 3.8) is 0 Å². The van der Waals surface area contributed by atoms with E-state index in [-0.39, 0.29) is 12.3 Å². The van der Waals surface area contributed by atoms with Gasteiger partial charge in [-0.3, -0.25) is 0 Å². The van der Waals surface area contributed by atoms with Crippen molar-refractivity contribution in [3.05, 3.63) is 10.1 Å². The van der Waals surface area contributed by atoms with Gasteiger partial charge in [-0.1, -0.05) is 0 Å². The minimum absolute atomic E-state index is 0. The van der Waals surface area contributed by atoms with Crippen LogP contribution in [0.1, 0.15) is 13.8 Å². The van der Waals surface area contributed by atoms with Crippen molar-refractivity contribution in [3.8, 4) is 0 Å². The molecule has 0 aliphatic rings. The first kappa shape index (κ1) is 10.2. The molecular formula is C3H10N2O3. The highest BCUT2D eigenvalue weighted by atomic mass is 17.0. The van der Waals surface area contributed by atoms with Crippen LogP contribution in [-0.4, -0.2) is 11.2 Å². The zero-order valence-electron chi connectivity index (χ0n) is 4.96. The Hall–Kier alpha value is -0.840. The molecule has 0 saturated carbocycles. The van der Waals surface area contributed by atoms with Crippen LogP contribution in [0.5, 0.6) is 0 Å². The predicted molar refractivity (Wildman–Crippen MR) is 28.2 cm³/mol. The Morgan fingerprint density at radius 3 is 2.00 bits per heavy atom. The lowest BCUT2D eigenvalue weighted by Crippen LogP contribution is -2.07. The molecule has 50 valence electrons. The summed E-state index contributed by atoms with van der Waals surface area (Å²) in [7, 11) is 0. The minimum atomic E-state index is -0.801.